The lowest BCUT2D eigenvalue weighted by Crippen LogP contribution is -2.49. The molecule has 18 heavy (non-hydrogen) atoms. The Morgan fingerprint density at radius 3 is 2.39 bits per heavy atom. The summed E-state index contributed by atoms with van der Waals surface area (Å²) in [4.78, 5) is 2.63. The lowest BCUT2D eigenvalue weighted by atomic mass is 9.98. The van der Waals surface area contributed by atoms with E-state index in [1.54, 1.807) is 0 Å². The number of nitrogens with zero attached hydrogens (tertiary/aromatic N) is 1. The first kappa shape index (κ1) is 14.3. The van der Waals surface area contributed by atoms with Gasteiger partial charge in [-0.3, -0.25) is 0 Å². The van der Waals surface area contributed by atoms with Crippen molar-refractivity contribution in [2.75, 3.05) is 19.7 Å². The van der Waals surface area contributed by atoms with Crippen LogP contribution in [0.5, 0.6) is 0 Å². The van der Waals surface area contributed by atoms with Crippen molar-refractivity contribution in [2.45, 2.75) is 70.5 Å². The van der Waals surface area contributed by atoms with Gasteiger partial charge < -0.3 is 15.3 Å². The Morgan fingerprint density at radius 2 is 1.94 bits per heavy atom. The number of aliphatic hydroxyl groups is 1. The lowest BCUT2D eigenvalue weighted by Gasteiger charge is -2.33. The smallest absolute Gasteiger partial charge is 0.0611 e. The largest absolute Gasteiger partial charge is 0.394 e. The Kier molecular flexibility index (Phi) is 4.68. The van der Waals surface area contributed by atoms with E-state index in [1.807, 2.05) is 0 Å². The van der Waals surface area contributed by atoms with E-state index in [0.717, 1.165) is 24.9 Å². The van der Waals surface area contributed by atoms with E-state index in [4.69, 9.17) is 0 Å². The molecule has 1 atom stereocenters. The zero-order valence-electron chi connectivity index (χ0n) is 12.3. The summed E-state index contributed by atoms with van der Waals surface area (Å²) in [5.41, 5.74) is -0.0781. The van der Waals surface area contributed by atoms with Gasteiger partial charge in [0.25, 0.3) is 0 Å². The van der Waals surface area contributed by atoms with Gasteiger partial charge in [0.15, 0.2) is 0 Å². The van der Waals surface area contributed by atoms with Crippen LogP contribution in [-0.2, 0) is 0 Å². The zero-order chi connectivity index (χ0) is 13.2. The monoisotopic (exact) mass is 254 g/mol. The topological polar surface area (TPSA) is 35.5 Å². The van der Waals surface area contributed by atoms with E-state index >= 15 is 0 Å². The van der Waals surface area contributed by atoms with E-state index in [2.05, 4.69) is 31.0 Å². The van der Waals surface area contributed by atoms with Gasteiger partial charge in [-0.25, -0.2) is 0 Å². The first-order valence-corrected chi connectivity index (χ1v) is 7.65. The molecule has 0 aromatic rings. The second kappa shape index (κ2) is 5.89. The third-order valence-electron chi connectivity index (χ3n) is 4.09. The molecule has 0 aromatic carbocycles. The average molecular weight is 254 g/mol. The number of hydrogen-bond donors (Lipinski definition) is 2. The van der Waals surface area contributed by atoms with Gasteiger partial charge in [0.1, 0.15) is 0 Å². The Hall–Kier alpha value is -0.120. The summed E-state index contributed by atoms with van der Waals surface area (Å²) in [7, 11) is 0. The Labute approximate surface area is 112 Å². The number of nitrogens with one attached hydrogen (secondary N) is 1. The molecule has 0 heterocycles. The van der Waals surface area contributed by atoms with Crippen LogP contribution in [-0.4, -0.2) is 47.3 Å². The summed E-state index contributed by atoms with van der Waals surface area (Å²) >= 11 is 0. The third kappa shape index (κ3) is 4.52. The minimum absolute atomic E-state index is 0.0781. The molecule has 2 rings (SSSR count). The van der Waals surface area contributed by atoms with Crippen molar-refractivity contribution in [3.05, 3.63) is 0 Å². The molecule has 3 heteroatoms. The molecule has 2 fully saturated rings. The molecule has 3 nitrogen and oxygen atoms in total. The minimum Gasteiger partial charge on any atom is -0.394 e. The number of hydrogen-bond acceptors (Lipinski definition) is 3. The number of aliphatic hydroxyl groups excluding tert-OH is 1. The summed E-state index contributed by atoms with van der Waals surface area (Å²) in [6.07, 6.45) is 6.38. The van der Waals surface area contributed by atoms with Gasteiger partial charge in [0, 0.05) is 30.7 Å². The van der Waals surface area contributed by atoms with Crippen LogP contribution in [0.15, 0.2) is 0 Å². The van der Waals surface area contributed by atoms with Crippen LogP contribution in [0.25, 0.3) is 0 Å². The third-order valence-corrected chi connectivity index (χ3v) is 4.09. The molecule has 106 valence electrons. The molecular weight excluding hydrogens is 224 g/mol. The minimum atomic E-state index is -0.0781. The molecule has 0 aliphatic heterocycles. The van der Waals surface area contributed by atoms with Gasteiger partial charge in [-0.2, -0.15) is 0 Å². The number of rotatable bonds is 9. The van der Waals surface area contributed by atoms with Crippen LogP contribution in [0.2, 0.25) is 0 Å². The van der Waals surface area contributed by atoms with Gasteiger partial charge in [-0.1, -0.05) is 13.8 Å². The fraction of sp³-hybridized carbons (Fsp3) is 1.00. The summed E-state index contributed by atoms with van der Waals surface area (Å²) in [5, 5.41) is 13.2. The summed E-state index contributed by atoms with van der Waals surface area (Å²) in [6, 6.07) is 1.50. The Morgan fingerprint density at radius 1 is 1.28 bits per heavy atom. The van der Waals surface area contributed by atoms with E-state index in [1.165, 1.54) is 32.2 Å². The SMILES string of the molecule is CC(C)CN(CCC(C)(CO)NC1CC1)C1CC1. The maximum atomic E-state index is 9.63. The van der Waals surface area contributed by atoms with Crippen molar-refractivity contribution in [1.82, 2.24) is 10.2 Å². The molecule has 2 aliphatic carbocycles. The predicted molar refractivity (Wildman–Crippen MR) is 75.7 cm³/mol. The van der Waals surface area contributed by atoms with Crippen LogP contribution in [0.4, 0.5) is 0 Å². The maximum absolute atomic E-state index is 9.63. The molecule has 2 saturated carbocycles. The molecule has 1 unspecified atom stereocenters. The lowest BCUT2D eigenvalue weighted by molar-refractivity contribution is 0.136. The molecule has 0 amide bonds. The van der Waals surface area contributed by atoms with Crippen LogP contribution in [0, 0.1) is 5.92 Å². The standard InChI is InChI=1S/C15H30N2O/c1-12(2)10-17(14-6-7-14)9-8-15(3,11-18)16-13-4-5-13/h12-14,16,18H,4-11H2,1-3H3. The molecule has 0 aromatic heterocycles. The highest BCUT2D eigenvalue weighted by molar-refractivity contribution is 4.94. The van der Waals surface area contributed by atoms with Gasteiger partial charge in [-0.15, -0.1) is 0 Å². The highest BCUT2D eigenvalue weighted by Gasteiger charge is 2.34. The molecule has 0 radical (unpaired) electrons. The predicted octanol–water partition coefficient (Wildman–Crippen LogP) is 2.00. The van der Waals surface area contributed by atoms with Crippen molar-refractivity contribution in [3.8, 4) is 0 Å². The molecule has 0 spiro atoms. The van der Waals surface area contributed by atoms with Crippen molar-refractivity contribution >= 4 is 0 Å². The first-order valence-electron chi connectivity index (χ1n) is 7.65. The maximum Gasteiger partial charge on any atom is 0.0611 e. The van der Waals surface area contributed by atoms with Crippen LogP contribution >= 0.6 is 0 Å². The van der Waals surface area contributed by atoms with E-state index in [-0.39, 0.29) is 12.1 Å². The second-order valence-electron chi connectivity index (χ2n) is 7.01. The molecular formula is C15H30N2O. The fourth-order valence-electron chi connectivity index (χ4n) is 2.64. The first-order chi connectivity index (χ1) is 8.52. The molecule has 0 bridgehead atoms. The van der Waals surface area contributed by atoms with Gasteiger partial charge in [-0.05, 0) is 44.9 Å². The van der Waals surface area contributed by atoms with Crippen molar-refractivity contribution in [1.29, 1.82) is 0 Å². The summed E-state index contributed by atoms with van der Waals surface area (Å²) in [5.74, 6) is 0.738. The highest BCUT2D eigenvalue weighted by atomic mass is 16.3. The van der Waals surface area contributed by atoms with E-state index in [9.17, 15) is 5.11 Å². The fourth-order valence-corrected chi connectivity index (χ4v) is 2.64. The Balaban J connectivity index is 1.78. The van der Waals surface area contributed by atoms with Crippen LogP contribution < -0.4 is 5.32 Å². The van der Waals surface area contributed by atoms with Crippen LogP contribution in [0.1, 0.15) is 52.9 Å². The Bertz CT molecular complexity index is 261. The van der Waals surface area contributed by atoms with Crippen LogP contribution in [0.3, 0.4) is 0 Å². The molecule has 2 N–H and O–H groups in total. The molecule has 0 saturated heterocycles. The van der Waals surface area contributed by atoms with Crippen molar-refractivity contribution in [3.63, 3.8) is 0 Å². The van der Waals surface area contributed by atoms with E-state index in [0.29, 0.717) is 6.04 Å². The van der Waals surface area contributed by atoms with Crippen molar-refractivity contribution < 1.29 is 5.11 Å². The molecule has 2 aliphatic rings. The second-order valence-corrected chi connectivity index (χ2v) is 7.01. The normalized spacial score (nSPS) is 23.7. The summed E-state index contributed by atoms with van der Waals surface area (Å²) in [6.45, 7) is 9.34. The van der Waals surface area contributed by atoms with Gasteiger partial charge in [0.2, 0.25) is 0 Å². The van der Waals surface area contributed by atoms with Crippen molar-refractivity contribution in [2.24, 2.45) is 5.92 Å². The quantitative estimate of drug-likeness (QED) is 0.660. The van der Waals surface area contributed by atoms with Gasteiger partial charge >= 0.3 is 0 Å². The van der Waals surface area contributed by atoms with Gasteiger partial charge in [0.05, 0.1) is 6.61 Å². The van der Waals surface area contributed by atoms with E-state index < -0.39 is 0 Å². The highest BCUT2D eigenvalue weighted by Crippen LogP contribution is 2.29. The zero-order valence-corrected chi connectivity index (χ0v) is 12.3. The average Bonchev–Trinajstić information content (AvgIpc) is 3.15. The summed E-state index contributed by atoms with van der Waals surface area (Å²) < 4.78 is 0.